The van der Waals surface area contributed by atoms with Gasteiger partial charge in [-0.15, -0.1) is 0 Å². The second-order valence-corrected chi connectivity index (χ2v) is 8.48. The average Bonchev–Trinajstić information content (AvgIpc) is 2.86. The fourth-order valence-electron chi connectivity index (χ4n) is 4.02. The van der Waals surface area contributed by atoms with Gasteiger partial charge in [0.15, 0.2) is 0 Å². The molecule has 0 spiro atoms. The molecule has 0 aliphatic carbocycles. The number of benzene rings is 2. The third kappa shape index (κ3) is 7.51. The highest BCUT2D eigenvalue weighted by Crippen LogP contribution is 2.32. The summed E-state index contributed by atoms with van der Waals surface area (Å²) >= 11 is 0. The Hall–Kier alpha value is -2.96. The molecule has 3 aliphatic rings. The number of nitrogens with zero attached hydrogens (tertiary/aromatic N) is 5. The molecule has 1 N–H and O–H groups in total. The maximum Gasteiger partial charge on any atom is 0.269 e. The van der Waals surface area contributed by atoms with Crippen molar-refractivity contribution in [2.45, 2.75) is 13.1 Å². The van der Waals surface area contributed by atoms with Gasteiger partial charge in [-0.3, -0.25) is 19.9 Å². The van der Waals surface area contributed by atoms with E-state index in [1.54, 1.807) is 12.1 Å². The number of phenolic OH excluding ortho intramolecular Hbond substituents is 1. The Kier molecular flexibility index (Phi) is 9.09. The number of nitro benzene ring substituents is 1. The Bertz CT molecular complexity index is 973. The van der Waals surface area contributed by atoms with Crippen LogP contribution >= 0.6 is 0 Å². The van der Waals surface area contributed by atoms with Gasteiger partial charge in [0.25, 0.3) is 5.69 Å². The van der Waals surface area contributed by atoms with E-state index in [4.69, 9.17) is 14.2 Å². The molecule has 0 aromatic heterocycles. The molecule has 1 fully saturated rings. The van der Waals surface area contributed by atoms with E-state index in [-0.39, 0.29) is 11.4 Å². The van der Waals surface area contributed by atoms with Crippen LogP contribution in [0.15, 0.2) is 46.6 Å². The SMILES string of the molecule is O=[N+]([O-])c1ccc(N=Nc2cc3c(O)c(c2)CN2CCOCCOCCN(CCOCC2)C3)cc1. The van der Waals surface area contributed by atoms with Crippen molar-refractivity contribution in [1.82, 2.24) is 9.80 Å². The van der Waals surface area contributed by atoms with Gasteiger partial charge in [-0.25, -0.2) is 0 Å². The van der Waals surface area contributed by atoms with Gasteiger partial charge in [0.1, 0.15) is 5.75 Å². The molecule has 4 bridgehead atoms. The molecular weight excluding hydrogens is 454 g/mol. The Morgan fingerprint density at radius 3 is 1.69 bits per heavy atom. The molecule has 11 heteroatoms. The molecule has 2 unspecified atom stereocenters. The summed E-state index contributed by atoms with van der Waals surface area (Å²) in [6.07, 6.45) is 0. The van der Waals surface area contributed by atoms with Crippen LogP contribution in [0.5, 0.6) is 5.75 Å². The molecule has 35 heavy (non-hydrogen) atoms. The Balaban J connectivity index is 1.64. The van der Waals surface area contributed by atoms with E-state index in [1.807, 2.05) is 12.1 Å². The Morgan fingerprint density at radius 2 is 1.20 bits per heavy atom. The fourth-order valence-corrected chi connectivity index (χ4v) is 4.02. The summed E-state index contributed by atoms with van der Waals surface area (Å²) in [5.74, 6) is 0.257. The minimum atomic E-state index is -0.450. The van der Waals surface area contributed by atoms with Crippen molar-refractivity contribution in [2.24, 2.45) is 10.2 Å². The van der Waals surface area contributed by atoms with E-state index in [1.165, 1.54) is 12.1 Å². The van der Waals surface area contributed by atoms with Gasteiger partial charge in [0, 0.05) is 62.5 Å². The molecule has 2 atom stereocenters. The summed E-state index contributed by atoms with van der Waals surface area (Å²) in [5.41, 5.74) is 2.63. The van der Waals surface area contributed by atoms with E-state index in [0.29, 0.717) is 90.3 Å². The zero-order chi connectivity index (χ0) is 24.5. The second kappa shape index (κ2) is 12.7. The first-order valence-corrected chi connectivity index (χ1v) is 11.8. The standard InChI is InChI=1S/C24H31N5O6/c30-24-19-15-22(26-25-21-1-3-23(4-2-21)29(31)32)16-20(24)18-28-6-10-33-9-5-27(17-19)7-11-34-13-14-35-12-8-28/h1-4,15-16,30H,5-14,17-18H2. The minimum absolute atomic E-state index is 0.000626. The Morgan fingerprint density at radius 1 is 0.743 bits per heavy atom. The molecular formula is C24H31N5O6. The number of hydrogen-bond donors (Lipinski definition) is 1. The molecule has 2 aromatic carbocycles. The predicted molar refractivity (Wildman–Crippen MR) is 128 cm³/mol. The lowest BCUT2D eigenvalue weighted by Crippen LogP contribution is -2.33. The topological polar surface area (TPSA) is 122 Å². The highest BCUT2D eigenvalue weighted by atomic mass is 16.6. The number of fused-ring (bicyclic) bond motifs is 11. The summed E-state index contributed by atoms with van der Waals surface area (Å²) in [6.45, 7) is 7.25. The van der Waals surface area contributed by atoms with Gasteiger partial charge in [-0.1, -0.05) is 0 Å². The molecule has 11 nitrogen and oxygen atoms in total. The molecule has 2 aromatic rings. The van der Waals surface area contributed by atoms with Crippen LogP contribution in [-0.2, 0) is 27.3 Å². The lowest BCUT2D eigenvalue weighted by atomic mass is 10.1. The third-order valence-corrected chi connectivity index (χ3v) is 5.96. The minimum Gasteiger partial charge on any atom is -0.507 e. The molecule has 3 heterocycles. The Labute approximate surface area is 204 Å². The molecule has 0 amide bonds. The van der Waals surface area contributed by atoms with Gasteiger partial charge in [0.05, 0.1) is 55.9 Å². The van der Waals surface area contributed by atoms with Crippen molar-refractivity contribution in [1.29, 1.82) is 0 Å². The third-order valence-electron chi connectivity index (χ3n) is 5.96. The van der Waals surface area contributed by atoms with E-state index in [2.05, 4.69) is 20.0 Å². The van der Waals surface area contributed by atoms with Gasteiger partial charge in [-0.2, -0.15) is 10.2 Å². The van der Waals surface area contributed by atoms with Crippen LogP contribution in [0.4, 0.5) is 17.1 Å². The van der Waals surface area contributed by atoms with E-state index >= 15 is 0 Å². The fraction of sp³-hybridized carbons (Fsp3) is 0.500. The number of phenols is 1. The van der Waals surface area contributed by atoms with Gasteiger partial charge < -0.3 is 19.3 Å². The monoisotopic (exact) mass is 485 g/mol. The average molecular weight is 486 g/mol. The smallest absolute Gasteiger partial charge is 0.269 e. The van der Waals surface area contributed by atoms with E-state index < -0.39 is 4.92 Å². The van der Waals surface area contributed by atoms with Crippen LogP contribution in [0.25, 0.3) is 0 Å². The predicted octanol–water partition coefficient (Wildman–Crippen LogP) is 3.40. The molecule has 0 saturated carbocycles. The van der Waals surface area contributed by atoms with E-state index in [0.717, 1.165) is 11.1 Å². The maximum atomic E-state index is 11.1. The van der Waals surface area contributed by atoms with Gasteiger partial charge >= 0.3 is 0 Å². The summed E-state index contributed by atoms with van der Waals surface area (Å²) in [6, 6.07) is 9.57. The lowest BCUT2D eigenvalue weighted by Gasteiger charge is -2.27. The molecule has 188 valence electrons. The number of azo groups is 1. The van der Waals surface area contributed by atoms with Crippen LogP contribution < -0.4 is 0 Å². The quantitative estimate of drug-likeness (QED) is 0.399. The van der Waals surface area contributed by atoms with Crippen molar-refractivity contribution in [2.75, 3.05) is 65.8 Å². The number of ether oxygens (including phenoxy) is 3. The van der Waals surface area contributed by atoms with Crippen LogP contribution in [-0.4, -0.2) is 85.6 Å². The van der Waals surface area contributed by atoms with Gasteiger partial charge in [0.2, 0.25) is 0 Å². The normalized spacial score (nSPS) is 22.5. The summed E-state index contributed by atoms with van der Waals surface area (Å²) in [4.78, 5) is 14.8. The van der Waals surface area contributed by atoms with Crippen molar-refractivity contribution < 1.29 is 24.2 Å². The largest absolute Gasteiger partial charge is 0.507 e. The van der Waals surface area contributed by atoms with Crippen molar-refractivity contribution >= 4 is 17.1 Å². The zero-order valence-corrected chi connectivity index (χ0v) is 19.7. The van der Waals surface area contributed by atoms with Gasteiger partial charge in [-0.05, 0) is 24.3 Å². The first-order chi connectivity index (χ1) is 17.1. The van der Waals surface area contributed by atoms with Crippen LogP contribution in [0.3, 0.4) is 0 Å². The molecule has 1 saturated heterocycles. The highest BCUT2D eigenvalue weighted by molar-refractivity contribution is 5.53. The van der Waals surface area contributed by atoms with Crippen molar-refractivity contribution in [3.05, 3.63) is 57.6 Å². The maximum absolute atomic E-state index is 11.1. The first-order valence-electron chi connectivity index (χ1n) is 11.8. The van der Waals surface area contributed by atoms with E-state index in [9.17, 15) is 15.2 Å². The summed E-state index contributed by atoms with van der Waals surface area (Å²) in [5, 5.41) is 30.7. The number of nitro groups is 1. The highest BCUT2D eigenvalue weighted by Gasteiger charge is 2.18. The second-order valence-electron chi connectivity index (χ2n) is 8.48. The summed E-state index contributed by atoms with van der Waals surface area (Å²) in [7, 11) is 0. The van der Waals surface area contributed by atoms with Crippen LogP contribution in [0.2, 0.25) is 0 Å². The van der Waals surface area contributed by atoms with Crippen LogP contribution in [0, 0.1) is 10.1 Å². The molecule has 3 aliphatic heterocycles. The summed E-state index contributed by atoms with van der Waals surface area (Å²) < 4.78 is 17.3. The molecule has 5 rings (SSSR count). The van der Waals surface area contributed by atoms with Crippen molar-refractivity contribution in [3.8, 4) is 5.75 Å². The zero-order valence-electron chi connectivity index (χ0n) is 19.7. The number of non-ortho nitro benzene ring substituents is 1. The van der Waals surface area contributed by atoms with Crippen molar-refractivity contribution in [3.63, 3.8) is 0 Å². The molecule has 0 radical (unpaired) electrons. The number of hydrogen-bond acceptors (Lipinski definition) is 10. The lowest BCUT2D eigenvalue weighted by molar-refractivity contribution is -0.384. The first kappa shape index (κ1) is 25.1. The number of rotatable bonds is 3. The number of aromatic hydroxyl groups is 1. The van der Waals surface area contributed by atoms with Crippen LogP contribution in [0.1, 0.15) is 11.1 Å².